The third kappa shape index (κ3) is 4.97. The molecule has 0 aromatic heterocycles. The smallest absolute Gasteiger partial charge is 0.277 e. The Morgan fingerprint density at radius 1 is 1.18 bits per heavy atom. The summed E-state index contributed by atoms with van der Waals surface area (Å²) in [5, 5.41) is 16.1. The van der Waals surface area contributed by atoms with Crippen LogP contribution >= 0.6 is 55.1 Å². The third-order valence-electron chi connectivity index (χ3n) is 3.69. The van der Waals surface area contributed by atoms with Crippen LogP contribution in [0.2, 0.25) is 10.0 Å². The molecule has 0 aliphatic heterocycles. The Balaban J connectivity index is 1.63. The maximum Gasteiger partial charge on any atom is 0.277 e. The van der Waals surface area contributed by atoms with Crippen LogP contribution in [-0.4, -0.2) is 23.8 Å². The van der Waals surface area contributed by atoms with E-state index in [1.807, 2.05) is 24.3 Å². The maximum atomic E-state index is 12.0. The molecule has 1 amide bonds. The van der Waals surface area contributed by atoms with Crippen molar-refractivity contribution >= 4 is 78.0 Å². The lowest BCUT2D eigenvalue weighted by atomic mass is 10.1. The van der Waals surface area contributed by atoms with E-state index < -0.39 is 5.91 Å². The highest BCUT2D eigenvalue weighted by atomic mass is 79.9. The number of carbonyl (C=O) groups is 1. The van der Waals surface area contributed by atoms with Gasteiger partial charge < -0.3 is 9.84 Å². The fourth-order valence-electron chi connectivity index (χ4n) is 2.39. The van der Waals surface area contributed by atoms with Crippen molar-refractivity contribution < 1.29 is 14.6 Å². The van der Waals surface area contributed by atoms with E-state index in [-0.39, 0.29) is 22.9 Å². The van der Waals surface area contributed by atoms with Crippen LogP contribution in [0.25, 0.3) is 10.8 Å². The summed E-state index contributed by atoms with van der Waals surface area (Å²) in [5.74, 6) is -0.105. The van der Waals surface area contributed by atoms with E-state index in [9.17, 15) is 9.90 Å². The van der Waals surface area contributed by atoms with Gasteiger partial charge in [0, 0.05) is 15.1 Å². The van der Waals surface area contributed by atoms with Crippen molar-refractivity contribution in [1.82, 2.24) is 5.43 Å². The summed E-state index contributed by atoms with van der Waals surface area (Å²) in [6.07, 6.45) is 1.24. The van der Waals surface area contributed by atoms with Gasteiger partial charge in [-0.1, -0.05) is 51.3 Å². The molecule has 2 N–H and O–H groups in total. The zero-order valence-electron chi connectivity index (χ0n) is 14.0. The molecule has 0 heterocycles. The molecule has 0 unspecified atom stereocenters. The molecule has 0 aliphatic rings. The lowest BCUT2D eigenvalue weighted by Crippen LogP contribution is -2.24. The van der Waals surface area contributed by atoms with E-state index in [2.05, 4.69) is 42.4 Å². The van der Waals surface area contributed by atoms with Crippen molar-refractivity contribution in [3.05, 3.63) is 67.0 Å². The topological polar surface area (TPSA) is 70.9 Å². The largest absolute Gasteiger partial charge is 0.506 e. The first-order valence-electron chi connectivity index (χ1n) is 7.85. The highest BCUT2D eigenvalue weighted by molar-refractivity contribution is 9.11. The summed E-state index contributed by atoms with van der Waals surface area (Å²) in [7, 11) is 0. The second-order valence-corrected chi connectivity index (χ2v) is 8.20. The van der Waals surface area contributed by atoms with Gasteiger partial charge in [0.05, 0.1) is 15.7 Å². The molecule has 0 saturated carbocycles. The van der Waals surface area contributed by atoms with Crippen molar-refractivity contribution in [2.24, 2.45) is 5.10 Å². The first-order chi connectivity index (χ1) is 13.3. The molecule has 0 aliphatic carbocycles. The zero-order valence-corrected chi connectivity index (χ0v) is 18.7. The number of aromatic hydroxyl groups is 1. The zero-order chi connectivity index (χ0) is 20.3. The summed E-state index contributed by atoms with van der Waals surface area (Å²) in [5.41, 5.74) is 2.60. The number of rotatable bonds is 5. The number of amides is 1. The SMILES string of the molecule is O=C(COc1ccc2cc(Br)ccc2c1Br)N/N=C/c1cc(Cl)cc(Cl)c1O. The number of hydrogen-bond donors (Lipinski definition) is 2. The molecule has 0 atom stereocenters. The molecule has 28 heavy (non-hydrogen) atoms. The van der Waals surface area contributed by atoms with Crippen LogP contribution in [0.15, 0.2) is 56.5 Å². The Morgan fingerprint density at radius 3 is 2.75 bits per heavy atom. The molecule has 0 saturated heterocycles. The fraction of sp³-hybridized carbons (Fsp3) is 0.0526. The minimum absolute atomic E-state index is 0.0943. The number of hydrazone groups is 1. The second kappa shape index (κ2) is 9.13. The van der Waals surface area contributed by atoms with E-state index in [0.29, 0.717) is 10.8 Å². The number of halogens is 4. The number of fused-ring (bicyclic) bond motifs is 1. The molecule has 3 aromatic rings. The Morgan fingerprint density at radius 2 is 1.96 bits per heavy atom. The van der Waals surface area contributed by atoms with E-state index in [1.165, 1.54) is 18.3 Å². The maximum absolute atomic E-state index is 12.0. The van der Waals surface area contributed by atoms with Crippen LogP contribution in [0.3, 0.4) is 0 Å². The molecular weight excluding hydrogens is 535 g/mol. The Hall–Kier alpha value is -1.80. The molecule has 3 aromatic carbocycles. The van der Waals surface area contributed by atoms with Crippen molar-refractivity contribution in [3.63, 3.8) is 0 Å². The van der Waals surface area contributed by atoms with Crippen molar-refractivity contribution in [2.45, 2.75) is 0 Å². The minimum atomic E-state index is -0.466. The molecule has 0 fully saturated rings. The average molecular weight is 547 g/mol. The monoisotopic (exact) mass is 544 g/mol. The summed E-state index contributed by atoms with van der Waals surface area (Å²) >= 11 is 18.6. The van der Waals surface area contributed by atoms with E-state index in [1.54, 1.807) is 6.07 Å². The molecule has 0 bridgehead atoms. The second-order valence-electron chi connectivity index (χ2n) is 5.65. The van der Waals surface area contributed by atoms with Crippen molar-refractivity contribution in [1.29, 1.82) is 0 Å². The predicted octanol–water partition coefficient (Wildman–Crippen LogP) is 5.91. The number of nitrogens with one attached hydrogen (secondary N) is 1. The van der Waals surface area contributed by atoms with Gasteiger partial charge in [-0.15, -0.1) is 0 Å². The van der Waals surface area contributed by atoms with Gasteiger partial charge >= 0.3 is 0 Å². The van der Waals surface area contributed by atoms with Gasteiger partial charge in [-0.05, 0) is 57.0 Å². The van der Waals surface area contributed by atoms with Crippen LogP contribution in [0.5, 0.6) is 11.5 Å². The van der Waals surface area contributed by atoms with Crippen LogP contribution in [0.4, 0.5) is 0 Å². The standard InChI is InChI=1S/C19H12Br2Cl2N2O3/c20-12-2-3-14-10(5-12)1-4-16(18(14)21)28-9-17(26)25-24-8-11-6-13(22)7-15(23)19(11)27/h1-8,27H,9H2,(H,25,26)/b24-8+. The lowest BCUT2D eigenvalue weighted by molar-refractivity contribution is -0.123. The van der Waals surface area contributed by atoms with Gasteiger partial charge in [0.15, 0.2) is 6.61 Å². The normalized spacial score (nSPS) is 11.1. The van der Waals surface area contributed by atoms with E-state index in [4.69, 9.17) is 27.9 Å². The number of hydrogen-bond acceptors (Lipinski definition) is 4. The Labute approximate surface area is 187 Å². The number of phenolic OH excluding ortho intramolecular Hbond substituents is 1. The fourth-order valence-corrected chi connectivity index (χ4v) is 3.88. The number of ether oxygens (including phenoxy) is 1. The number of benzene rings is 3. The van der Waals surface area contributed by atoms with E-state index in [0.717, 1.165) is 19.7 Å². The lowest BCUT2D eigenvalue weighted by Gasteiger charge is -2.10. The molecule has 5 nitrogen and oxygen atoms in total. The third-order valence-corrected chi connectivity index (χ3v) is 5.51. The predicted molar refractivity (Wildman–Crippen MR) is 119 cm³/mol. The molecule has 0 radical (unpaired) electrons. The summed E-state index contributed by atoms with van der Waals surface area (Å²) in [4.78, 5) is 12.0. The average Bonchev–Trinajstić information content (AvgIpc) is 2.65. The first kappa shape index (κ1) is 20.9. The minimum Gasteiger partial charge on any atom is -0.506 e. The Bertz CT molecular complexity index is 1090. The highest BCUT2D eigenvalue weighted by Crippen LogP contribution is 2.34. The number of phenols is 1. The van der Waals surface area contributed by atoms with Gasteiger partial charge in [0.1, 0.15) is 11.5 Å². The Kier molecular flexibility index (Phi) is 6.82. The van der Waals surface area contributed by atoms with Crippen LogP contribution in [-0.2, 0) is 4.79 Å². The van der Waals surface area contributed by atoms with Gasteiger partial charge in [-0.3, -0.25) is 4.79 Å². The molecule has 144 valence electrons. The van der Waals surface area contributed by atoms with Gasteiger partial charge in [0.2, 0.25) is 0 Å². The van der Waals surface area contributed by atoms with Crippen molar-refractivity contribution in [3.8, 4) is 11.5 Å². The van der Waals surface area contributed by atoms with Crippen LogP contribution in [0.1, 0.15) is 5.56 Å². The molecular formula is C19H12Br2Cl2N2O3. The van der Waals surface area contributed by atoms with Gasteiger partial charge in [-0.25, -0.2) is 5.43 Å². The molecule has 9 heteroatoms. The first-order valence-corrected chi connectivity index (χ1v) is 10.2. The van der Waals surface area contributed by atoms with Gasteiger partial charge in [0.25, 0.3) is 5.91 Å². The van der Waals surface area contributed by atoms with Gasteiger partial charge in [-0.2, -0.15) is 5.10 Å². The van der Waals surface area contributed by atoms with Crippen LogP contribution in [0, 0.1) is 0 Å². The molecule has 3 rings (SSSR count). The number of carbonyl (C=O) groups excluding carboxylic acids is 1. The summed E-state index contributed by atoms with van der Waals surface area (Å²) in [6.45, 7) is -0.236. The quantitative estimate of drug-likeness (QED) is 0.309. The molecule has 0 spiro atoms. The van der Waals surface area contributed by atoms with E-state index >= 15 is 0 Å². The highest BCUT2D eigenvalue weighted by Gasteiger charge is 2.09. The summed E-state index contributed by atoms with van der Waals surface area (Å²) in [6, 6.07) is 12.4. The van der Waals surface area contributed by atoms with Crippen molar-refractivity contribution in [2.75, 3.05) is 6.61 Å². The van der Waals surface area contributed by atoms with Crippen LogP contribution < -0.4 is 10.2 Å². The number of nitrogens with zero attached hydrogens (tertiary/aromatic N) is 1. The summed E-state index contributed by atoms with van der Waals surface area (Å²) < 4.78 is 7.30.